The van der Waals surface area contributed by atoms with E-state index in [0.717, 1.165) is 0 Å². The van der Waals surface area contributed by atoms with E-state index in [2.05, 4.69) is 11.7 Å². The first-order valence-corrected chi connectivity index (χ1v) is 4.87. The molecule has 0 fully saturated rings. The fourth-order valence-corrected chi connectivity index (χ4v) is 1.39. The molecule has 0 aliphatic rings. The van der Waals surface area contributed by atoms with Crippen LogP contribution in [0.2, 0.25) is 15.1 Å². The van der Waals surface area contributed by atoms with Gasteiger partial charge in [-0.05, 0) is 18.2 Å². The molecule has 17 heavy (non-hydrogen) atoms. The molecular weight excluding hydrogens is 294 g/mol. The number of halogens is 3. The third-order valence-electron chi connectivity index (χ3n) is 1.01. The minimum absolute atomic E-state index is 0.563. The van der Waals surface area contributed by atoms with Crippen LogP contribution in [0.4, 0.5) is 0 Å². The van der Waals surface area contributed by atoms with E-state index in [1.807, 2.05) is 0 Å². The SMILES string of the molecule is Clc1cc(Cl)cc(Cl)c1.NN.O=C(O)C(=O)O. The summed E-state index contributed by atoms with van der Waals surface area (Å²) in [6.45, 7) is 0. The van der Waals surface area contributed by atoms with Gasteiger partial charge in [-0.15, -0.1) is 0 Å². The van der Waals surface area contributed by atoms with Gasteiger partial charge in [-0.1, -0.05) is 34.8 Å². The molecule has 1 aromatic carbocycles. The average Bonchev–Trinajstić information content (AvgIpc) is 2.19. The fraction of sp³-hybridized carbons (Fsp3) is 0. The predicted octanol–water partition coefficient (Wildman–Crippen LogP) is 1.62. The minimum Gasteiger partial charge on any atom is -0.473 e. The van der Waals surface area contributed by atoms with Gasteiger partial charge in [0, 0.05) is 15.1 Å². The number of aliphatic carboxylic acids is 2. The summed E-state index contributed by atoms with van der Waals surface area (Å²) >= 11 is 16.7. The molecule has 0 saturated carbocycles. The zero-order valence-corrected chi connectivity index (χ0v) is 10.5. The Hall–Kier alpha value is -1.05. The molecule has 6 nitrogen and oxygen atoms in total. The first kappa shape index (κ1) is 18.3. The maximum Gasteiger partial charge on any atom is 0.414 e. The van der Waals surface area contributed by atoms with Crippen LogP contribution >= 0.6 is 34.8 Å². The summed E-state index contributed by atoms with van der Waals surface area (Å²) in [5.41, 5.74) is 0. The van der Waals surface area contributed by atoms with E-state index < -0.39 is 11.9 Å². The van der Waals surface area contributed by atoms with Crippen LogP contribution in [0.3, 0.4) is 0 Å². The van der Waals surface area contributed by atoms with Gasteiger partial charge < -0.3 is 10.2 Å². The minimum atomic E-state index is -1.82. The maximum absolute atomic E-state index is 9.10. The third kappa shape index (κ3) is 11.2. The molecule has 0 aromatic heterocycles. The third-order valence-corrected chi connectivity index (χ3v) is 1.66. The molecule has 0 bridgehead atoms. The van der Waals surface area contributed by atoms with Crippen LogP contribution in [0, 0.1) is 0 Å². The Morgan fingerprint density at radius 1 is 0.824 bits per heavy atom. The van der Waals surface area contributed by atoms with Crippen molar-refractivity contribution < 1.29 is 19.8 Å². The lowest BCUT2D eigenvalue weighted by Crippen LogP contribution is -2.09. The number of rotatable bonds is 0. The topological polar surface area (TPSA) is 127 Å². The summed E-state index contributed by atoms with van der Waals surface area (Å²) in [5, 5.41) is 16.5. The lowest BCUT2D eigenvalue weighted by molar-refractivity contribution is -0.159. The van der Waals surface area contributed by atoms with Gasteiger partial charge in [0.25, 0.3) is 0 Å². The van der Waals surface area contributed by atoms with Crippen LogP contribution in [-0.4, -0.2) is 22.2 Å². The van der Waals surface area contributed by atoms with Crippen LogP contribution in [0.15, 0.2) is 18.2 Å². The molecule has 0 aliphatic carbocycles. The quantitative estimate of drug-likeness (QED) is 0.328. The highest BCUT2D eigenvalue weighted by Crippen LogP contribution is 2.21. The average molecular weight is 304 g/mol. The van der Waals surface area contributed by atoms with Gasteiger partial charge >= 0.3 is 11.9 Å². The number of carboxylic acid groups (broad SMARTS) is 2. The van der Waals surface area contributed by atoms with Crippen molar-refractivity contribution in [1.29, 1.82) is 0 Å². The van der Waals surface area contributed by atoms with Crippen molar-refractivity contribution in [3.63, 3.8) is 0 Å². The van der Waals surface area contributed by atoms with Crippen molar-refractivity contribution in [2.45, 2.75) is 0 Å². The van der Waals surface area contributed by atoms with E-state index in [9.17, 15) is 0 Å². The molecule has 0 aliphatic heterocycles. The van der Waals surface area contributed by atoms with E-state index in [1.165, 1.54) is 0 Å². The van der Waals surface area contributed by atoms with Crippen LogP contribution in [-0.2, 0) is 9.59 Å². The Bertz CT molecular complexity index is 325. The zero-order chi connectivity index (χ0) is 14.0. The van der Waals surface area contributed by atoms with Gasteiger partial charge in [-0.2, -0.15) is 0 Å². The summed E-state index contributed by atoms with van der Waals surface area (Å²) in [6, 6.07) is 4.90. The van der Waals surface area contributed by atoms with E-state index in [0.29, 0.717) is 15.1 Å². The summed E-state index contributed by atoms with van der Waals surface area (Å²) < 4.78 is 0. The number of hydrazine groups is 1. The van der Waals surface area contributed by atoms with Crippen LogP contribution < -0.4 is 11.7 Å². The Kier molecular flexibility index (Phi) is 10.9. The Morgan fingerprint density at radius 2 is 1.00 bits per heavy atom. The van der Waals surface area contributed by atoms with Crippen molar-refractivity contribution in [3.05, 3.63) is 33.3 Å². The van der Waals surface area contributed by atoms with Crippen LogP contribution in [0.25, 0.3) is 0 Å². The number of benzene rings is 1. The highest BCUT2D eigenvalue weighted by Gasteiger charge is 2.04. The summed E-state index contributed by atoms with van der Waals surface area (Å²) in [6.07, 6.45) is 0. The van der Waals surface area contributed by atoms with Gasteiger partial charge in [0.2, 0.25) is 0 Å². The van der Waals surface area contributed by atoms with Gasteiger partial charge in [0.15, 0.2) is 0 Å². The predicted molar refractivity (Wildman–Crippen MR) is 65.1 cm³/mol. The smallest absolute Gasteiger partial charge is 0.414 e. The highest BCUT2D eigenvalue weighted by molar-refractivity contribution is 6.38. The molecule has 6 N–H and O–H groups in total. The Morgan fingerprint density at radius 3 is 1.12 bits per heavy atom. The second-order valence-corrected chi connectivity index (χ2v) is 3.51. The summed E-state index contributed by atoms with van der Waals surface area (Å²) in [7, 11) is 0. The van der Waals surface area contributed by atoms with Gasteiger partial charge in [-0.3, -0.25) is 11.7 Å². The van der Waals surface area contributed by atoms with E-state index in [4.69, 9.17) is 54.6 Å². The number of nitrogens with two attached hydrogens (primary N) is 2. The molecule has 0 saturated heterocycles. The van der Waals surface area contributed by atoms with Gasteiger partial charge in [-0.25, -0.2) is 9.59 Å². The van der Waals surface area contributed by atoms with Gasteiger partial charge in [0.05, 0.1) is 0 Å². The fourth-order valence-electron chi connectivity index (χ4n) is 0.520. The molecule has 1 aromatic rings. The Labute approximate surface area is 112 Å². The molecule has 0 spiro atoms. The molecule has 9 heteroatoms. The number of hydrogen-bond acceptors (Lipinski definition) is 4. The second kappa shape index (κ2) is 10.1. The van der Waals surface area contributed by atoms with Crippen molar-refractivity contribution >= 4 is 46.7 Å². The van der Waals surface area contributed by atoms with Crippen molar-refractivity contribution in [3.8, 4) is 0 Å². The Balaban J connectivity index is 0. The molecule has 0 atom stereocenters. The largest absolute Gasteiger partial charge is 0.473 e. The lowest BCUT2D eigenvalue weighted by atomic mass is 10.4. The lowest BCUT2D eigenvalue weighted by Gasteiger charge is -1.91. The van der Waals surface area contributed by atoms with Gasteiger partial charge in [0.1, 0.15) is 0 Å². The summed E-state index contributed by atoms with van der Waals surface area (Å²) in [4.78, 5) is 18.2. The standard InChI is InChI=1S/C6H3Cl3.C2H2O4.H4N2/c7-4-1-5(8)3-6(9)2-4;3-1(4)2(5)6;1-2/h1-3H;(H,3,4)(H,5,6);1-2H2. The monoisotopic (exact) mass is 302 g/mol. The molecule has 0 amide bonds. The first-order valence-electron chi connectivity index (χ1n) is 3.74. The molecule has 0 unspecified atom stereocenters. The summed E-state index contributed by atoms with van der Waals surface area (Å²) in [5.74, 6) is 4.35. The highest BCUT2D eigenvalue weighted by atomic mass is 35.5. The number of carbonyl (C=O) groups is 2. The van der Waals surface area contributed by atoms with Crippen molar-refractivity contribution in [2.24, 2.45) is 11.7 Å². The molecule has 96 valence electrons. The number of hydrogen-bond donors (Lipinski definition) is 4. The van der Waals surface area contributed by atoms with E-state index >= 15 is 0 Å². The molecule has 0 radical (unpaired) electrons. The van der Waals surface area contributed by atoms with Crippen LogP contribution in [0.1, 0.15) is 0 Å². The molecule has 0 heterocycles. The molecular formula is C8H9Cl3N2O4. The number of carboxylic acids is 2. The second-order valence-electron chi connectivity index (χ2n) is 2.20. The van der Waals surface area contributed by atoms with Crippen molar-refractivity contribution in [2.75, 3.05) is 0 Å². The van der Waals surface area contributed by atoms with Crippen LogP contribution in [0.5, 0.6) is 0 Å². The van der Waals surface area contributed by atoms with E-state index in [1.54, 1.807) is 18.2 Å². The normalized spacial score (nSPS) is 8.06. The molecule has 1 rings (SSSR count). The van der Waals surface area contributed by atoms with E-state index in [-0.39, 0.29) is 0 Å². The van der Waals surface area contributed by atoms with Crippen molar-refractivity contribution in [1.82, 2.24) is 0 Å². The maximum atomic E-state index is 9.10. The first-order chi connectivity index (χ1) is 7.82. The zero-order valence-electron chi connectivity index (χ0n) is 8.23.